The molecule has 0 radical (unpaired) electrons. The minimum atomic E-state index is -0.891. The highest BCUT2D eigenvalue weighted by molar-refractivity contribution is 5.75. The summed E-state index contributed by atoms with van der Waals surface area (Å²) in [4.78, 5) is 23.2. The van der Waals surface area contributed by atoms with Crippen LogP contribution in [0.25, 0.3) is 0 Å². The zero-order chi connectivity index (χ0) is 11.8. The predicted octanol–water partition coefficient (Wildman–Crippen LogP) is 1.29. The van der Waals surface area contributed by atoms with Gasteiger partial charge >= 0.3 is 12.0 Å². The molecule has 0 unspecified atom stereocenters. The van der Waals surface area contributed by atoms with Crippen LogP contribution in [0.15, 0.2) is 0 Å². The number of hydrogen-bond acceptors (Lipinski definition) is 2. The predicted molar refractivity (Wildman–Crippen MR) is 57.8 cm³/mol. The summed E-state index contributed by atoms with van der Waals surface area (Å²) < 4.78 is 0. The van der Waals surface area contributed by atoms with Crippen LogP contribution in [0, 0.1) is 0 Å². The second kappa shape index (κ2) is 7.09. The number of carboxylic acids is 1. The summed E-state index contributed by atoms with van der Waals surface area (Å²) in [7, 11) is 1.60. The number of carbonyl (C=O) groups excluding carboxylic acids is 1. The van der Waals surface area contributed by atoms with Crippen LogP contribution in [0.2, 0.25) is 0 Å². The molecule has 0 heterocycles. The van der Waals surface area contributed by atoms with Gasteiger partial charge in [0.1, 0.15) is 0 Å². The van der Waals surface area contributed by atoms with Gasteiger partial charge in [0.2, 0.25) is 0 Å². The van der Waals surface area contributed by atoms with Crippen molar-refractivity contribution in [1.82, 2.24) is 10.2 Å². The number of amides is 2. The summed E-state index contributed by atoms with van der Waals surface area (Å²) in [6, 6.07) is -0.0327. The van der Waals surface area contributed by atoms with Crippen LogP contribution in [0.3, 0.4) is 0 Å². The number of nitrogens with zero attached hydrogens (tertiary/aromatic N) is 1. The number of carbonyl (C=O) groups is 2. The lowest BCUT2D eigenvalue weighted by Gasteiger charge is -2.21. The fourth-order valence-electron chi connectivity index (χ4n) is 1.14. The third kappa shape index (κ3) is 5.93. The van der Waals surface area contributed by atoms with Crippen LogP contribution >= 0.6 is 0 Å². The third-order valence-electron chi connectivity index (χ3n) is 2.32. The van der Waals surface area contributed by atoms with Gasteiger partial charge in [0.25, 0.3) is 0 Å². The zero-order valence-electron chi connectivity index (χ0n) is 9.62. The molecule has 5 nitrogen and oxygen atoms in total. The molecule has 0 aliphatic heterocycles. The van der Waals surface area contributed by atoms with Crippen molar-refractivity contribution in [2.24, 2.45) is 0 Å². The van der Waals surface area contributed by atoms with Gasteiger partial charge in [-0.15, -0.1) is 0 Å². The minimum absolute atomic E-state index is 0.0210. The first kappa shape index (κ1) is 13.7. The van der Waals surface area contributed by atoms with Crippen molar-refractivity contribution in [3.8, 4) is 0 Å². The van der Waals surface area contributed by atoms with E-state index in [4.69, 9.17) is 5.11 Å². The van der Waals surface area contributed by atoms with Gasteiger partial charge in [0, 0.05) is 19.6 Å². The van der Waals surface area contributed by atoms with E-state index in [1.165, 1.54) is 4.90 Å². The van der Waals surface area contributed by atoms with Crippen molar-refractivity contribution in [1.29, 1.82) is 0 Å². The Morgan fingerprint density at radius 3 is 2.27 bits per heavy atom. The van der Waals surface area contributed by atoms with E-state index in [9.17, 15) is 9.59 Å². The van der Waals surface area contributed by atoms with Gasteiger partial charge < -0.3 is 15.3 Å². The normalized spacial score (nSPS) is 10.1. The first-order valence-corrected chi connectivity index (χ1v) is 5.24. The maximum atomic E-state index is 11.5. The fraction of sp³-hybridized carbons (Fsp3) is 0.800. The first-order chi connectivity index (χ1) is 7.01. The summed E-state index contributed by atoms with van der Waals surface area (Å²) in [6.45, 7) is 4.25. The molecular formula is C10H20N2O3. The second-order valence-corrected chi connectivity index (χ2v) is 3.53. The molecule has 0 fully saturated rings. The smallest absolute Gasteiger partial charge is 0.317 e. The van der Waals surface area contributed by atoms with Crippen LogP contribution in [0.5, 0.6) is 0 Å². The number of aliphatic carboxylic acids is 1. The lowest BCUT2D eigenvalue weighted by atomic mass is 10.2. The van der Waals surface area contributed by atoms with E-state index < -0.39 is 5.97 Å². The van der Waals surface area contributed by atoms with E-state index in [1.54, 1.807) is 7.05 Å². The quantitative estimate of drug-likeness (QED) is 0.703. The SMILES string of the molecule is CCC(CC)NC(=O)N(C)CCC(=O)O. The molecule has 2 N–H and O–H groups in total. The van der Waals surface area contributed by atoms with Crippen LogP contribution < -0.4 is 5.32 Å². The van der Waals surface area contributed by atoms with Crippen LogP contribution in [0.1, 0.15) is 33.1 Å². The van der Waals surface area contributed by atoms with Crippen molar-refractivity contribution < 1.29 is 14.7 Å². The number of rotatable bonds is 6. The number of hydrogen-bond donors (Lipinski definition) is 2. The van der Waals surface area contributed by atoms with E-state index in [-0.39, 0.29) is 25.0 Å². The first-order valence-electron chi connectivity index (χ1n) is 5.24. The molecule has 0 saturated heterocycles. The Morgan fingerprint density at radius 2 is 1.87 bits per heavy atom. The summed E-state index contributed by atoms with van der Waals surface area (Å²) in [5, 5.41) is 11.3. The van der Waals surface area contributed by atoms with Gasteiger partial charge in [-0.1, -0.05) is 13.8 Å². The van der Waals surface area contributed by atoms with E-state index in [2.05, 4.69) is 5.32 Å². The Morgan fingerprint density at radius 1 is 1.33 bits per heavy atom. The van der Waals surface area contributed by atoms with E-state index in [1.807, 2.05) is 13.8 Å². The van der Waals surface area contributed by atoms with Crippen molar-refractivity contribution in [2.75, 3.05) is 13.6 Å². The molecule has 5 heteroatoms. The van der Waals surface area contributed by atoms with Crippen LogP contribution in [0.4, 0.5) is 4.79 Å². The molecule has 0 rings (SSSR count). The Kier molecular flexibility index (Phi) is 6.49. The molecule has 88 valence electrons. The number of nitrogens with one attached hydrogen (secondary N) is 1. The van der Waals surface area contributed by atoms with E-state index >= 15 is 0 Å². The van der Waals surface area contributed by atoms with E-state index in [0.717, 1.165) is 12.8 Å². The van der Waals surface area contributed by atoms with Crippen molar-refractivity contribution in [3.05, 3.63) is 0 Å². The molecule has 0 aliphatic rings. The molecule has 0 spiro atoms. The lowest BCUT2D eigenvalue weighted by Crippen LogP contribution is -2.43. The molecular weight excluding hydrogens is 196 g/mol. The van der Waals surface area contributed by atoms with Crippen molar-refractivity contribution in [3.63, 3.8) is 0 Å². The number of carboxylic acid groups (broad SMARTS) is 1. The zero-order valence-corrected chi connectivity index (χ0v) is 9.62. The van der Waals surface area contributed by atoms with Gasteiger partial charge in [0.15, 0.2) is 0 Å². The molecule has 0 aromatic heterocycles. The largest absolute Gasteiger partial charge is 0.481 e. The third-order valence-corrected chi connectivity index (χ3v) is 2.32. The molecule has 0 bridgehead atoms. The van der Waals surface area contributed by atoms with Gasteiger partial charge in [-0.2, -0.15) is 0 Å². The van der Waals surface area contributed by atoms with Gasteiger partial charge in [-0.25, -0.2) is 4.79 Å². The minimum Gasteiger partial charge on any atom is -0.481 e. The van der Waals surface area contributed by atoms with Crippen molar-refractivity contribution >= 4 is 12.0 Å². The highest BCUT2D eigenvalue weighted by Gasteiger charge is 2.13. The Hall–Kier alpha value is -1.26. The monoisotopic (exact) mass is 216 g/mol. The van der Waals surface area contributed by atoms with Crippen LogP contribution in [-0.2, 0) is 4.79 Å². The summed E-state index contributed by atoms with van der Waals surface area (Å²) in [6.07, 6.45) is 1.75. The highest BCUT2D eigenvalue weighted by Crippen LogP contribution is 1.98. The Labute approximate surface area is 90.5 Å². The topological polar surface area (TPSA) is 69.6 Å². The Balaban J connectivity index is 3.92. The average Bonchev–Trinajstić information content (AvgIpc) is 2.21. The molecule has 0 atom stereocenters. The number of urea groups is 1. The van der Waals surface area contributed by atoms with Crippen LogP contribution in [-0.4, -0.2) is 41.6 Å². The summed E-state index contributed by atoms with van der Waals surface area (Å²) in [5.41, 5.74) is 0. The lowest BCUT2D eigenvalue weighted by molar-refractivity contribution is -0.137. The van der Waals surface area contributed by atoms with Gasteiger partial charge in [-0.05, 0) is 12.8 Å². The Bertz CT molecular complexity index is 215. The van der Waals surface area contributed by atoms with Gasteiger partial charge in [-0.3, -0.25) is 4.79 Å². The molecule has 0 saturated carbocycles. The highest BCUT2D eigenvalue weighted by atomic mass is 16.4. The second-order valence-electron chi connectivity index (χ2n) is 3.53. The fourth-order valence-corrected chi connectivity index (χ4v) is 1.14. The molecule has 0 aromatic rings. The average molecular weight is 216 g/mol. The molecule has 0 aliphatic carbocycles. The molecule has 0 aromatic carbocycles. The van der Waals surface area contributed by atoms with Crippen molar-refractivity contribution in [2.45, 2.75) is 39.2 Å². The van der Waals surface area contributed by atoms with E-state index in [0.29, 0.717) is 0 Å². The maximum Gasteiger partial charge on any atom is 0.317 e. The summed E-state index contributed by atoms with van der Waals surface area (Å²) >= 11 is 0. The van der Waals surface area contributed by atoms with Gasteiger partial charge in [0.05, 0.1) is 6.42 Å². The standard InChI is InChI=1S/C10H20N2O3/c1-4-8(5-2)11-10(15)12(3)7-6-9(13)14/h8H,4-7H2,1-3H3,(H,11,15)(H,13,14). The molecule has 15 heavy (non-hydrogen) atoms. The summed E-state index contributed by atoms with van der Waals surface area (Å²) in [5.74, 6) is -0.891. The molecule has 2 amide bonds. The maximum absolute atomic E-state index is 11.5.